The zero-order chi connectivity index (χ0) is 12.4. The van der Waals surface area contributed by atoms with Crippen LogP contribution < -0.4 is 10.2 Å². The fraction of sp³-hybridized carbons (Fsp3) is 0.333. The van der Waals surface area contributed by atoms with E-state index in [0.717, 1.165) is 25.2 Å². The van der Waals surface area contributed by atoms with E-state index in [1.165, 1.54) is 16.3 Å². The first-order valence-corrected chi connectivity index (χ1v) is 6.33. The first-order chi connectivity index (χ1) is 8.90. The quantitative estimate of drug-likeness (QED) is 0.822. The summed E-state index contributed by atoms with van der Waals surface area (Å²) in [6, 6.07) is 12.8. The zero-order valence-electron chi connectivity index (χ0n) is 10.5. The van der Waals surface area contributed by atoms with Crippen LogP contribution in [0.15, 0.2) is 36.4 Å². The third kappa shape index (κ3) is 1.96. The van der Waals surface area contributed by atoms with Crippen LogP contribution in [0.5, 0.6) is 5.75 Å². The van der Waals surface area contributed by atoms with E-state index in [9.17, 15) is 0 Å². The number of hydrogen-bond acceptors (Lipinski definition) is 3. The van der Waals surface area contributed by atoms with Gasteiger partial charge in [-0.25, -0.2) is 0 Å². The average Bonchev–Trinajstić information content (AvgIpc) is 2.62. The van der Waals surface area contributed by atoms with Crippen molar-refractivity contribution in [2.45, 2.75) is 18.9 Å². The summed E-state index contributed by atoms with van der Waals surface area (Å²) in [7, 11) is 1.66. The zero-order valence-corrected chi connectivity index (χ0v) is 10.5. The summed E-state index contributed by atoms with van der Waals surface area (Å²) in [5.41, 5.74) is 4.25. The van der Waals surface area contributed by atoms with E-state index in [4.69, 9.17) is 9.57 Å². The largest absolute Gasteiger partial charge is 0.493 e. The van der Waals surface area contributed by atoms with E-state index >= 15 is 0 Å². The Morgan fingerprint density at radius 1 is 1.22 bits per heavy atom. The molecule has 1 aliphatic heterocycles. The van der Waals surface area contributed by atoms with Gasteiger partial charge >= 0.3 is 0 Å². The monoisotopic (exact) mass is 243 g/mol. The summed E-state index contributed by atoms with van der Waals surface area (Å²) in [5, 5.41) is 2.40. The molecule has 0 aliphatic carbocycles. The second-order valence-electron chi connectivity index (χ2n) is 4.57. The van der Waals surface area contributed by atoms with Crippen LogP contribution >= 0.6 is 0 Å². The molecule has 1 N–H and O–H groups in total. The van der Waals surface area contributed by atoms with Crippen molar-refractivity contribution in [1.29, 1.82) is 0 Å². The molecule has 0 fully saturated rings. The number of hydroxylamine groups is 1. The molecule has 0 bridgehead atoms. The Morgan fingerprint density at radius 2 is 2.11 bits per heavy atom. The van der Waals surface area contributed by atoms with Crippen molar-refractivity contribution in [3.05, 3.63) is 42.0 Å². The Bertz CT molecular complexity index is 553. The highest BCUT2D eigenvalue weighted by Crippen LogP contribution is 2.37. The van der Waals surface area contributed by atoms with Gasteiger partial charge in [-0.05, 0) is 18.2 Å². The van der Waals surface area contributed by atoms with Gasteiger partial charge in [0.15, 0.2) is 0 Å². The van der Waals surface area contributed by atoms with Crippen molar-refractivity contribution in [2.75, 3.05) is 13.7 Å². The minimum Gasteiger partial charge on any atom is -0.493 e. The molecule has 18 heavy (non-hydrogen) atoms. The van der Waals surface area contributed by atoms with Crippen molar-refractivity contribution in [2.24, 2.45) is 0 Å². The van der Waals surface area contributed by atoms with Crippen LogP contribution in [0.4, 0.5) is 0 Å². The molecule has 94 valence electrons. The Labute approximate surface area is 107 Å². The van der Waals surface area contributed by atoms with Gasteiger partial charge in [-0.2, -0.15) is 5.48 Å². The lowest BCUT2D eigenvalue weighted by atomic mass is 9.99. The van der Waals surface area contributed by atoms with E-state index < -0.39 is 0 Å². The van der Waals surface area contributed by atoms with Crippen molar-refractivity contribution < 1.29 is 9.57 Å². The molecule has 2 aromatic carbocycles. The molecule has 3 heteroatoms. The highest BCUT2D eigenvalue weighted by Gasteiger charge is 2.21. The first kappa shape index (κ1) is 11.5. The van der Waals surface area contributed by atoms with Gasteiger partial charge in [-0.3, -0.25) is 0 Å². The molecule has 0 saturated carbocycles. The second kappa shape index (κ2) is 4.96. The lowest BCUT2D eigenvalue weighted by molar-refractivity contribution is 0.0580. The molecule has 0 saturated heterocycles. The smallest absolute Gasteiger partial charge is 0.131 e. The van der Waals surface area contributed by atoms with Crippen LogP contribution in [-0.4, -0.2) is 13.7 Å². The Hall–Kier alpha value is -1.58. The molecule has 0 aromatic heterocycles. The van der Waals surface area contributed by atoms with Gasteiger partial charge in [0.2, 0.25) is 0 Å². The minimum atomic E-state index is 0.206. The molecule has 3 rings (SSSR count). The lowest BCUT2D eigenvalue weighted by Crippen LogP contribution is -2.19. The van der Waals surface area contributed by atoms with Crippen molar-refractivity contribution in [3.63, 3.8) is 0 Å². The molecule has 1 heterocycles. The highest BCUT2D eigenvalue weighted by molar-refractivity contribution is 5.89. The Kier molecular flexibility index (Phi) is 3.17. The highest BCUT2D eigenvalue weighted by atomic mass is 16.6. The molecule has 0 spiro atoms. The molecule has 1 unspecified atom stereocenters. The molecule has 0 amide bonds. The van der Waals surface area contributed by atoms with E-state index in [-0.39, 0.29) is 6.04 Å². The summed E-state index contributed by atoms with van der Waals surface area (Å²) < 4.78 is 5.94. The van der Waals surface area contributed by atoms with Crippen LogP contribution in [0, 0.1) is 0 Å². The summed E-state index contributed by atoms with van der Waals surface area (Å²) in [6.07, 6.45) is 2.06. The number of fused-ring (bicyclic) bond motifs is 3. The number of ether oxygens (including phenoxy) is 1. The summed E-state index contributed by atoms with van der Waals surface area (Å²) in [5.74, 6) is 1.00. The Balaban J connectivity index is 2.16. The molecule has 0 radical (unpaired) electrons. The van der Waals surface area contributed by atoms with Crippen molar-refractivity contribution in [1.82, 2.24) is 5.48 Å². The molecule has 2 aromatic rings. The van der Waals surface area contributed by atoms with Gasteiger partial charge in [0.1, 0.15) is 5.75 Å². The summed E-state index contributed by atoms with van der Waals surface area (Å²) in [4.78, 5) is 5.10. The maximum atomic E-state index is 5.94. The van der Waals surface area contributed by atoms with Crippen LogP contribution in [0.2, 0.25) is 0 Å². The lowest BCUT2D eigenvalue weighted by Gasteiger charge is -2.18. The van der Waals surface area contributed by atoms with Gasteiger partial charge in [-0.15, -0.1) is 0 Å². The van der Waals surface area contributed by atoms with Crippen LogP contribution in [0.1, 0.15) is 24.4 Å². The van der Waals surface area contributed by atoms with E-state index in [2.05, 4.69) is 41.9 Å². The van der Waals surface area contributed by atoms with Gasteiger partial charge in [0, 0.05) is 10.9 Å². The average molecular weight is 243 g/mol. The Morgan fingerprint density at radius 3 is 3.00 bits per heavy atom. The maximum absolute atomic E-state index is 5.94. The van der Waals surface area contributed by atoms with Gasteiger partial charge < -0.3 is 9.57 Å². The van der Waals surface area contributed by atoms with Gasteiger partial charge in [-0.1, -0.05) is 36.4 Å². The summed E-state index contributed by atoms with van der Waals surface area (Å²) >= 11 is 0. The molecular formula is C15H17NO2. The van der Waals surface area contributed by atoms with Crippen molar-refractivity contribution in [3.8, 4) is 5.75 Å². The van der Waals surface area contributed by atoms with Gasteiger partial charge in [0.25, 0.3) is 0 Å². The maximum Gasteiger partial charge on any atom is 0.131 e. The van der Waals surface area contributed by atoms with Crippen LogP contribution in [0.3, 0.4) is 0 Å². The first-order valence-electron chi connectivity index (χ1n) is 6.33. The normalized spacial score (nSPS) is 19.1. The predicted octanol–water partition coefficient (Wildman–Crippen LogP) is 3.20. The molecular weight excluding hydrogens is 226 g/mol. The topological polar surface area (TPSA) is 30.5 Å². The standard InChI is InChI=1S/C15H17NO2/c1-17-16-14-7-4-10-18-15-12-6-3-2-5-11(12)8-9-13(14)15/h2-3,5-6,8-9,14,16H,4,7,10H2,1H3. The van der Waals surface area contributed by atoms with Crippen LogP contribution in [-0.2, 0) is 4.84 Å². The SMILES string of the molecule is CONC1CCCOc2c1ccc1ccccc21. The van der Waals surface area contributed by atoms with E-state index in [1.54, 1.807) is 7.11 Å². The van der Waals surface area contributed by atoms with Crippen LogP contribution in [0.25, 0.3) is 10.8 Å². The molecule has 1 atom stereocenters. The third-order valence-corrected chi connectivity index (χ3v) is 3.43. The fourth-order valence-electron chi connectivity index (χ4n) is 2.58. The van der Waals surface area contributed by atoms with Crippen molar-refractivity contribution >= 4 is 10.8 Å². The number of nitrogens with one attached hydrogen (secondary N) is 1. The second-order valence-corrected chi connectivity index (χ2v) is 4.57. The number of benzene rings is 2. The minimum absolute atomic E-state index is 0.206. The van der Waals surface area contributed by atoms with E-state index in [1.807, 2.05) is 0 Å². The summed E-state index contributed by atoms with van der Waals surface area (Å²) in [6.45, 7) is 0.767. The molecule has 1 aliphatic rings. The van der Waals surface area contributed by atoms with Gasteiger partial charge in [0.05, 0.1) is 19.8 Å². The number of hydrogen-bond donors (Lipinski definition) is 1. The van der Waals surface area contributed by atoms with E-state index in [0.29, 0.717) is 0 Å². The predicted molar refractivity (Wildman–Crippen MR) is 71.6 cm³/mol. The third-order valence-electron chi connectivity index (χ3n) is 3.43. The fourth-order valence-corrected chi connectivity index (χ4v) is 2.58. The molecule has 3 nitrogen and oxygen atoms in total. The number of rotatable bonds is 2.